The molecule has 0 aromatic heterocycles. The van der Waals surface area contributed by atoms with Gasteiger partial charge in [0.2, 0.25) is 29.5 Å². The lowest BCUT2D eigenvalue weighted by atomic mass is 10.0. The molecule has 4 rings (SSSR count). The van der Waals surface area contributed by atoms with Gasteiger partial charge in [0.05, 0.1) is 12.6 Å². The van der Waals surface area contributed by atoms with Gasteiger partial charge >= 0.3 is 5.97 Å². The van der Waals surface area contributed by atoms with Gasteiger partial charge < -0.3 is 42.5 Å². The van der Waals surface area contributed by atoms with Gasteiger partial charge in [0.25, 0.3) is 0 Å². The number of carboxylic acid groups (broad SMARTS) is 1. The molecule has 5 atom stereocenters. The molecular formula is C37H43ClN6O8S2. The van der Waals surface area contributed by atoms with Crippen LogP contribution in [-0.2, 0) is 48.0 Å². The number of phenolic OH excluding ortho intramolecular Hbond substituents is 1. The molecule has 288 valence electrons. The summed E-state index contributed by atoms with van der Waals surface area (Å²) in [4.78, 5) is 80.0. The Morgan fingerprint density at radius 3 is 2.19 bits per heavy atom. The third-order valence-electron chi connectivity index (χ3n) is 8.44. The Kier molecular flexibility index (Phi) is 15.2. The van der Waals surface area contributed by atoms with Crippen LogP contribution < -0.4 is 32.3 Å². The fourth-order valence-electron chi connectivity index (χ4n) is 5.44. The molecule has 0 bridgehead atoms. The molecule has 3 aromatic carbocycles. The van der Waals surface area contributed by atoms with Gasteiger partial charge in [0.15, 0.2) is 0 Å². The minimum Gasteiger partial charge on any atom is -0.508 e. The molecule has 14 nitrogen and oxygen atoms in total. The number of hydrogen-bond acceptors (Lipinski definition) is 10. The highest BCUT2D eigenvalue weighted by atomic mass is 35.5. The van der Waals surface area contributed by atoms with Crippen LogP contribution in [0.15, 0.2) is 78.9 Å². The van der Waals surface area contributed by atoms with Crippen molar-refractivity contribution in [2.75, 3.05) is 12.3 Å². The standard InChI is InChI=1S/C37H43ClN6O8S2/c1-37(2)31(44-32(47)26(39)16-22-10-14-25(45)15-11-22)35(50)40-19-30(46)41-27(17-23-8-12-24(38)13-9-23)33(48)43-29(20-53-54-37)34(49)42-28(36(51)52)18-21-6-4-3-5-7-21/h3-15,26-29,31,45H,16-20,39H2,1-2H3,(H,40,50)(H,41,46)(H,42,49)(H,43,48)(H,44,47)(H,51,52)/t26-,27-,28-,29-,31-/m0/s1. The number of nitrogens with two attached hydrogens (primary N) is 1. The van der Waals surface area contributed by atoms with E-state index in [1.807, 2.05) is 0 Å². The second-order valence-corrected chi connectivity index (χ2v) is 16.6. The number of nitrogens with one attached hydrogen (secondary N) is 5. The predicted octanol–water partition coefficient (Wildman–Crippen LogP) is 1.71. The number of hydrogen-bond donors (Lipinski definition) is 8. The first-order chi connectivity index (χ1) is 25.6. The maximum atomic E-state index is 13.8. The average Bonchev–Trinajstić information content (AvgIpc) is 3.13. The molecule has 54 heavy (non-hydrogen) atoms. The second-order valence-electron chi connectivity index (χ2n) is 13.2. The van der Waals surface area contributed by atoms with Crippen LogP contribution in [0.25, 0.3) is 0 Å². The van der Waals surface area contributed by atoms with Crippen molar-refractivity contribution in [1.29, 1.82) is 0 Å². The van der Waals surface area contributed by atoms with Gasteiger partial charge in [-0.25, -0.2) is 4.79 Å². The van der Waals surface area contributed by atoms with Gasteiger partial charge in [-0.2, -0.15) is 0 Å². The third kappa shape index (κ3) is 12.7. The fourth-order valence-corrected chi connectivity index (χ4v) is 8.39. The molecule has 0 aliphatic carbocycles. The number of aliphatic carboxylic acids is 1. The second kappa shape index (κ2) is 19.5. The topological polar surface area (TPSA) is 229 Å². The number of phenols is 1. The van der Waals surface area contributed by atoms with E-state index in [2.05, 4.69) is 26.6 Å². The summed E-state index contributed by atoms with van der Waals surface area (Å²) in [6.45, 7) is 2.82. The Balaban J connectivity index is 1.59. The number of carboxylic acids is 1. The van der Waals surface area contributed by atoms with Crippen molar-refractivity contribution in [3.05, 3.63) is 101 Å². The van der Waals surface area contributed by atoms with Gasteiger partial charge in [0, 0.05) is 28.4 Å². The number of rotatable bonds is 11. The maximum absolute atomic E-state index is 13.8. The van der Waals surface area contributed by atoms with Crippen molar-refractivity contribution in [3.8, 4) is 5.75 Å². The lowest BCUT2D eigenvalue weighted by molar-refractivity contribution is -0.142. The molecular weight excluding hydrogens is 756 g/mol. The normalized spacial score (nSPS) is 20.5. The van der Waals surface area contributed by atoms with Crippen LogP contribution in [0, 0.1) is 0 Å². The minimum atomic E-state index is -1.32. The molecule has 1 fully saturated rings. The van der Waals surface area contributed by atoms with E-state index in [1.54, 1.807) is 80.6 Å². The van der Waals surface area contributed by atoms with Crippen LogP contribution in [0.1, 0.15) is 30.5 Å². The van der Waals surface area contributed by atoms with Crippen molar-refractivity contribution in [1.82, 2.24) is 26.6 Å². The lowest BCUT2D eigenvalue weighted by Crippen LogP contribution is -2.61. The Hall–Kier alpha value is -4.77. The van der Waals surface area contributed by atoms with E-state index >= 15 is 0 Å². The summed E-state index contributed by atoms with van der Waals surface area (Å²) < 4.78 is -1.08. The van der Waals surface area contributed by atoms with Gasteiger partial charge in [-0.1, -0.05) is 87.8 Å². The number of amides is 5. The molecule has 1 saturated heterocycles. The number of carbonyl (C=O) groups excluding carboxylic acids is 5. The van der Waals surface area contributed by atoms with E-state index < -0.39 is 77.0 Å². The Labute approximate surface area is 325 Å². The van der Waals surface area contributed by atoms with Crippen LogP contribution in [0.4, 0.5) is 0 Å². The highest BCUT2D eigenvalue weighted by molar-refractivity contribution is 8.77. The predicted molar refractivity (Wildman–Crippen MR) is 208 cm³/mol. The van der Waals surface area contributed by atoms with E-state index in [4.69, 9.17) is 17.3 Å². The van der Waals surface area contributed by atoms with E-state index in [0.29, 0.717) is 21.7 Å². The Morgan fingerprint density at radius 2 is 1.54 bits per heavy atom. The average molecular weight is 799 g/mol. The summed E-state index contributed by atoms with van der Waals surface area (Å²) in [5.41, 5.74) is 8.21. The van der Waals surface area contributed by atoms with Crippen molar-refractivity contribution >= 4 is 68.7 Å². The van der Waals surface area contributed by atoms with Crippen molar-refractivity contribution < 1.29 is 39.0 Å². The number of aromatic hydroxyl groups is 1. The molecule has 1 aliphatic rings. The highest BCUT2D eigenvalue weighted by Gasteiger charge is 2.40. The van der Waals surface area contributed by atoms with Crippen LogP contribution in [0.3, 0.4) is 0 Å². The quantitative estimate of drug-likeness (QED) is 0.130. The molecule has 0 radical (unpaired) electrons. The van der Waals surface area contributed by atoms with Crippen molar-refractivity contribution in [2.24, 2.45) is 5.73 Å². The van der Waals surface area contributed by atoms with Crippen molar-refractivity contribution in [3.63, 3.8) is 0 Å². The van der Waals surface area contributed by atoms with E-state index in [9.17, 15) is 39.0 Å². The lowest BCUT2D eigenvalue weighted by Gasteiger charge is -2.34. The van der Waals surface area contributed by atoms with E-state index in [1.165, 1.54) is 12.1 Å². The van der Waals surface area contributed by atoms with E-state index in [-0.39, 0.29) is 30.8 Å². The zero-order valence-corrected chi connectivity index (χ0v) is 31.9. The summed E-state index contributed by atoms with van der Waals surface area (Å²) in [6, 6.07) is 15.4. The summed E-state index contributed by atoms with van der Waals surface area (Å²) in [5, 5.41) is 33.1. The molecule has 1 aliphatic heterocycles. The van der Waals surface area contributed by atoms with E-state index in [0.717, 1.165) is 21.6 Å². The zero-order chi connectivity index (χ0) is 39.4. The molecule has 0 saturated carbocycles. The third-order valence-corrected chi connectivity index (χ3v) is 12.0. The number of benzene rings is 3. The molecule has 3 aromatic rings. The SMILES string of the molecule is CC1(C)SSC[C@@H](C(=O)N[C@@H](Cc2ccccc2)C(=O)O)NC(=O)[C@H](Cc2ccc(Cl)cc2)NC(=O)CNC(=O)[C@@H]1NC(=O)[C@@H](N)Cc1ccc(O)cc1. The highest BCUT2D eigenvalue weighted by Crippen LogP contribution is 2.39. The van der Waals surface area contributed by atoms with Gasteiger partial charge in [-0.3, -0.25) is 24.0 Å². The first-order valence-corrected chi connectivity index (χ1v) is 19.6. The smallest absolute Gasteiger partial charge is 0.326 e. The first kappa shape index (κ1) is 42.0. The number of carbonyl (C=O) groups is 6. The van der Waals surface area contributed by atoms with Gasteiger partial charge in [0.1, 0.15) is 29.9 Å². The summed E-state index contributed by atoms with van der Waals surface area (Å²) >= 11 is 6.04. The minimum absolute atomic E-state index is 0.00465. The van der Waals surface area contributed by atoms with Crippen molar-refractivity contribution in [2.45, 2.75) is 68.1 Å². The molecule has 5 amide bonds. The maximum Gasteiger partial charge on any atom is 0.326 e. The fraction of sp³-hybridized carbons (Fsp3) is 0.351. The summed E-state index contributed by atoms with van der Waals surface area (Å²) in [6.07, 6.45) is 0.0890. The Bertz CT molecular complexity index is 1800. The molecule has 1 heterocycles. The monoisotopic (exact) mass is 798 g/mol. The Morgan fingerprint density at radius 1 is 0.907 bits per heavy atom. The van der Waals surface area contributed by atoms with Crippen LogP contribution >= 0.6 is 33.2 Å². The van der Waals surface area contributed by atoms with Crippen LogP contribution in [0.2, 0.25) is 5.02 Å². The summed E-state index contributed by atoms with van der Waals surface area (Å²) in [7, 11) is 2.27. The van der Waals surface area contributed by atoms with Gasteiger partial charge in [-0.15, -0.1) is 0 Å². The molecule has 17 heteroatoms. The first-order valence-electron chi connectivity index (χ1n) is 16.9. The van der Waals surface area contributed by atoms with Crippen LogP contribution in [-0.4, -0.2) is 93.0 Å². The molecule has 9 N–H and O–H groups in total. The molecule has 0 spiro atoms. The molecule has 0 unspecified atom stereocenters. The van der Waals surface area contributed by atoms with Gasteiger partial charge in [-0.05, 0) is 61.2 Å². The van der Waals surface area contributed by atoms with Crippen LogP contribution in [0.5, 0.6) is 5.75 Å². The number of halogens is 1. The summed E-state index contributed by atoms with van der Waals surface area (Å²) in [5.74, 6) is -4.85. The zero-order valence-electron chi connectivity index (χ0n) is 29.5. The largest absolute Gasteiger partial charge is 0.508 e.